The summed E-state index contributed by atoms with van der Waals surface area (Å²) in [6.07, 6.45) is 3.03. The maximum atomic E-state index is 13.5. The number of nitrogens with zero attached hydrogens (tertiary/aromatic N) is 1. The highest BCUT2D eigenvalue weighted by Crippen LogP contribution is 2.24. The molecule has 0 atom stereocenters. The second-order valence-corrected chi connectivity index (χ2v) is 6.66. The predicted molar refractivity (Wildman–Crippen MR) is 90.3 cm³/mol. The van der Waals surface area contributed by atoms with E-state index < -0.39 is 0 Å². The molecule has 120 valence electrons. The summed E-state index contributed by atoms with van der Waals surface area (Å²) >= 11 is 0. The van der Waals surface area contributed by atoms with Gasteiger partial charge >= 0.3 is 0 Å². The quantitative estimate of drug-likeness (QED) is 0.738. The van der Waals surface area contributed by atoms with Crippen molar-refractivity contribution in [2.45, 2.75) is 47.0 Å². The van der Waals surface area contributed by atoms with Gasteiger partial charge < -0.3 is 10.6 Å². The summed E-state index contributed by atoms with van der Waals surface area (Å²) in [6.45, 7) is 11.6. The number of hydrogen-bond donors (Lipinski definition) is 1. The smallest absolute Gasteiger partial charge is 0.123 e. The highest BCUT2D eigenvalue weighted by Gasteiger charge is 2.13. The first kappa shape index (κ1) is 18.0. The topological polar surface area (TPSA) is 29.3 Å². The van der Waals surface area contributed by atoms with Crippen molar-refractivity contribution in [1.29, 1.82) is 0 Å². The number of rotatable bonds is 9. The Hall–Kier alpha value is -1.09. The molecule has 0 radical (unpaired) electrons. The van der Waals surface area contributed by atoms with Crippen molar-refractivity contribution in [3.63, 3.8) is 0 Å². The first-order chi connectivity index (χ1) is 9.93. The molecule has 0 saturated carbocycles. The van der Waals surface area contributed by atoms with Crippen LogP contribution in [0.25, 0.3) is 0 Å². The fraction of sp³-hybridized carbons (Fsp3) is 0.667. The third-order valence-electron chi connectivity index (χ3n) is 3.75. The zero-order valence-electron chi connectivity index (χ0n) is 14.0. The van der Waals surface area contributed by atoms with Crippen molar-refractivity contribution in [1.82, 2.24) is 0 Å². The number of halogens is 1. The van der Waals surface area contributed by atoms with Gasteiger partial charge in [-0.1, -0.05) is 27.7 Å². The van der Waals surface area contributed by atoms with E-state index in [0.717, 1.165) is 43.6 Å². The van der Waals surface area contributed by atoms with E-state index >= 15 is 0 Å². The molecule has 0 fully saturated rings. The average molecular weight is 294 g/mol. The van der Waals surface area contributed by atoms with Gasteiger partial charge in [0.15, 0.2) is 0 Å². The Morgan fingerprint density at radius 2 is 1.62 bits per heavy atom. The second-order valence-electron chi connectivity index (χ2n) is 6.66. The lowest BCUT2D eigenvalue weighted by Crippen LogP contribution is -2.29. The molecule has 0 bridgehead atoms. The highest BCUT2D eigenvalue weighted by atomic mass is 19.1. The van der Waals surface area contributed by atoms with Gasteiger partial charge in [-0.3, -0.25) is 0 Å². The molecule has 1 aromatic carbocycles. The van der Waals surface area contributed by atoms with Gasteiger partial charge in [-0.05, 0) is 61.4 Å². The number of anilines is 1. The molecular weight excluding hydrogens is 263 g/mol. The van der Waals surface area contributed by atoms with Crippen LogP contribution in [0.4, 0.5) is 10.1 Å². The van der Waals surface area contributed by atoms with Crippen LogP contribution >= 0.6 is 0 Å². The third kappa shape index (κ3) is 6.47. The van der Waals surface area contributed by atoms with Crippen LogP contribution < -0.4 is 10.6 Å². The highest BCUT2D eigenvalue weighted by molar-refractivity contribution is 5.54. The van der Waals surface area contributed by atoms with E-state index in [1.165, 1.54) is 0 Å². The molecule has 0 aromatic heterocycles. The monoisotopic (exact) mass is 294 g/mol. The van der Waals surface area contributed by atoms with Crippen molar-refractivity contribution < 1.29 is 4.39 Å². The SMILES string of the molecule is CC(C)CCN(CCC(C)C)c1ccc(F)cc1CCN. The predicted octanol–water partition coefficient (Wildman–Crippen LogP) is 4.23. The molecule has 1 aromatic rings. The van der Waals surface area contributed by atoms with Crippen LogP contribution in [0.15, 0.2) is 18.2 Å². The maximum Gasteiger partial charge on any atom is 0.123 e. The summed E-state index contributed by atoms with van der Waals surface area (Å²) in [5.41, 5.74) is 7.87. The van der Waals surface area contributed by atoms with Crippen LogP contribution in [0.5, 0.6) is 0 Å². The van der Waals surface area contributed by atoms with E-state index in [9.17, 15) is 4.39 Å². The summed E-state index contributed by atoms with van der Waals surface area (Å²) in [5, 5.41) is 0. The molecule has 0 heterocycles. The Bertz CT molecular complexity index is 404. The van der Waals surface area contributed by atoms with Crippen LogP contribution in [0.1, 0.15) is 46.1 Å². The van der Waals surface area contributed by atoms with Gasteiger partial charge in [0.25, 0.3) is 0 Å². The van der Waals surface area contributed by atoms with Crippen LogP contribution in [0.3, 0.4) is 0 Å². The van der Waals surface area contributed by atoms with Gasteiger partial charge in [-0.15, -0.1) is 0 Å². The lowest BCUT2D eigenvalue weighted by molar-refractivity contribution is 0.534. The van der Waals surface area contributed by atoms with Crippen molar-refractivity contribution in [2.75, 3.05) is 24.5 Å². The molecule has 0 aliphatic carbocycles. The number of nitrogens with two attached hydrogens (primary N) is 1. The molecule has 0 spiro atoms. The van der Waals surface area contributed by atoms with Crippen molar-refractivity contribution in [3.05, 3.63) is 29.6 Å². The molecule has 3 heteroatoms. The fourth-order valence-electron chi connectivity index (χ4n) is 2.40. The van der Waals surface area contributed by atoms with Crippen LogP contribution in [0.2, 0.25) is 0 Å². The summed E-state index contributed by atoms with van der Waals surface area (Å²) < 4.78 is 13.5. The van der Waals surface area contributed by atoms with Gasteiger partial charge in [0.1, 0.15) is 5.82 Å². The minimum Gasteiger partial charge on any atom is -0.371 e. The summed E-state index contributed by atoms with van der Waals surface area (Å²) in [6, 6.07) is 5.12. The largest absolute Gasteiger partial charge is 0.371 e. The number of benzene rings is 1. The average Bonchev–Trinajstić information content (AvgIpc) is 2.40. The maximum absolute atomic E-state index is 13.5. The molecule has 2 nitrogen and oxygen atoms in total. The van der Waals surface area contributed by atoms with E-state index in [1.807, 2.05) is 6.07 Å². The van der Waals surface area contributed by atoms with Gasteiger partial charge in [0.05, 0.1) is 0 Å². The Labute approximate surface area is 129 Å². The van der Waals surface area contributed by atoms with E-state index in [-0.39, 0.29) is 5.82 Å². The molecule has 0 unspecified atom stereocenters. The number of hydrogen-bond acceptors (Lipinski definition) is 2. The summed E-state index contributed by atoms with van der Waals surface area (Å²) in [4.78, 5) is 2.41. The Morgan fingerprint density at radius 1 is 1.05 bits per heavy atom. The molecular formula is C18H31FN2. The van der Waals surface area contributed by atoms with Gasteiger partial charge in [-0.2, -0.15) is 0 Å². The van der Waals surface area contributed by atoms with E-state index in [1.54, 1.807) is 12.1 Å². The molecule has 2 N–H and O–H groups in total. The van der Waals surface area contributed by atoms with Crippen molar-refractivity contribution in [3.8, 4) is 0 Å². The molecule has 0 aliphatic rings. The minimum absolute atomic E-state index is 0.171. The van der Waals surface area contributed by atoms with Crippen molar-refractivity contribution >= 4 is 5.69 Å². The molecule has 21 heavy (non-hydrogen) atoms. The van der Waals surface area contributed by atoms with Gasteiger partial charge in [-0.25, -0.2) is 4.39 Å². The van der Waals surface area contributed by atoms with E-state index in [0.29, 0.717) is 18.4 Å². The minimum atomic E-state index is -0.171. The summed E-state index contributed by atoms with van der Waals surface area (Å²) in [7, 11) is 0. The van der Waals surface area contributed by atoms with Gasteiger partial charge in [0.2, 0.25) is 0 Å². The Balaban J connectivity index is 2.93. The first-order valence-electron chi connectivity index (χ1n) is 8.17. The van der Waals surface area contributed by atoms with Crippen LogP contribution in [0, 0.1) is 17.7 Å². The lowest BCUT2D eigenvalue weighted by Gasteiger charge is -2.29. The summed E-state index contributed by atoms with van der Waals surface area (Å²) in [5.74, 6) is 1.17. The molecule has 0 saturated heterocycles. The molecule has 0 amide bonds. The van der Waals surface area contributed by atoms with E-state index in [4.69, 9.17) is 5.73 Å². The normalized spacial score (nSPS) is 11.4. The molecule has 0 aliphatic heterocycles. The van der Waals surface area contributed by atoms with Crippen LogP contribution in [-0.4, -0.2) is 19.6 Å². The lowest BCUT2D eigenvalue weighted by atomic mass is 10.0. The van der Waals surface area contributed by atoms with E-state index in [2.05, 4.69) is 32.6 Å². The first-order valence-corrected chi connectivity index (χ1v) is 8.17. The second kappa shape index (κ2) is 9.04. The van der Waals surface area contributed by atoms with Crippen molar-refractivity contribution in [2.24, 2.45) is 17.6 Å². The molecule has 1 rings (SSSR count). The zero-order valence-corrected chi connectivity index (χ0v) is 14.0. The zero-order chi connectivity index (χ0) is 15.8. The fourth-order valence-corrected chi connectivity index (χ4v) is 2.40. The Morgan fingerprint density at radius 3 is 2.10 bits per heavy atom. The Kier molecular flexibility index (Phi) is 7.73. The van der Waals surface area contributed by atoms with Gasteiger partial charge in [0, 0.05) is 18.8 Å². The standard InChI is InChI=1S/C18H31FN2/c1-14(2)8-11-21(12-9-15(3)4)18-6-5-17(19)13-16(18)7-10-20/h5-6,13-15H,7-12,20H2,1-4H3. The van der Waals surface area contributed by atoms with Crippen LogP contribution in [-0.2, 0) is 6.42 Å². The third-order valence-corrected chi connectivity index (χ3v) is 3.75.